The maximum atomic E-state index is 11.2. The van der Waals surface area contributed by atoms with Crippen molar-refractivity contribution in [1.82, 2.24) is 15.6 Å². The summed E-state index contributed by atoms with van der Waals surface area (Å²) in [6, 6.07) is 5.76. The molecule has 1 amide bonds. The van der Waals surface area contributed by atoms with Crippen LogP contribution in [-0.2, 0) is 11.3 Å². The molecule has 1 rings (SSSR count). The number of pyridine rings is 1. The third kappa shape index (κ3) is 3.86. The van der Waals surface area contributed by atoms with Gasteiger partial charge in [-0.05, 0) is 19.2 Å². The van der Waals surface area contributed by atoms with Gasteiger partial charge in [-0.1, -0.05) is 6.07 Å². The lowest BCUT2D eigenvalue weighted by molar-refractivity contribution is -0.120. The maximum absolute atomic E-state index is 11.2. The van der Waals surface area contributed by atoms with E-state index in [1.807, 2.05) is 37.2 Å². The normalized spacial score (nSPS) is 9.94. The third-order valence-corrected chi connectivity index (χ3v) is 2.05. The molecule has 0 saturated heterocycles. The number of rotatable bonds is 5. The molecule has 16 heavy (non-hydrogen) atoms. The van der Waals surface area contributed by atoms with E-state index in [1.165, 1.54) is 0 Å². The summed E-state index contributed by atoms with van der Waals surface area (Å²) < 4.78 is 0. The number of nitrogens with zero attached hydrogens (tertiary/aromatic N) is 2. The van der Waals surface area contributed by atoms with Crippen molar-refractivity contribution in [3.8, 4) is 0 Å². The molecule has 5 nitrogen and oxygen atoms in total. The molecule has 1 aromatic heterocycles. The number of carbonyl (C=O) groups is 1. The highest BCUT2D eigenvalue weighted by atomic mass is 16.1. The van der Waals surface area contributed by atoms with Gasteiger partial charge in [-0.3, -0.25) is 4.79 Å². The lowest BCUT2D eigenvalue weighted by Gasteiger charge is -2.12. The van der Waals surface area contributed by atoms with Crippen LogP contribution < -0.4 is 15.5 Å². The van der Waals surface area contributed by atoms with Crippen molar-refractivity contribution in [1.29, 1.82) is 0 Å². The van der Waals surface area contributed by atoms with E-state index in [1.54, 1.807) is 7.05 Å². The molecular weight excluding hydrogens is 204 g/mol. The van der Waals surface area contributed by atoms with Crippen LogP contribution in [0.3, 0.4) is 0 Å². The summed E-state index contributed by atoms with van der Waals surface area (Å²) in [6.45, 7) is 0.787. The van der Waals surface area contributed by atoms with Crippen LogP contribution in [0.2, 0.25) is 0 Å². The molecule has 5 heteroatoms. The topological polar surface area (TPSA) is 57.3 Å². The molecule has 1 heterocycles. The average molecular weight is 222 g/mol. The summed E-state index contributed by atoms with van der Waals surface area (Å²) in [5.41, 5.74) is 0.857. The number of hydrogen-bond donors (Lipinski definition) is 2. The number of amides is 1. The van der Waals surface area contributed by atoms with Gasteiger partial charge in [0.2, 0.25) is 5.91 Å². The molecule has 2 N–H and O–H groups in total. The fourth-order valence-corrected chi connectivity index (χ4v) is 1.23. The Bertz CT molecular complexity index is 352. The van der Waals surface area contributed by atoms with Gasteiger partial charge in [0.05, 0.1) is 18.8 Å². The summed E-state index contributed by atoms with van der Waals surface area (Å²) in [4.78, 5) is 17.5. The molecule has 0 saturated carbocycles. The summed E-state index contributed by atoms with van der Waals surface area (Å²) >= 11 is 0. The molecule has 0 spiro atoms. The van der Waals surface area contributed by atoms with Crippen LogP contribution in [0, 0.1) is 0 Å². The summed E-state index contributed by atoms with van der Waals surface area (Å²) in [5, 5.41) is 5.58. The predicted octanol–water partition coefficient (Wildman–Crippen LogP) is -0.0168. The van der Waals surface area contributed by atoms with E-state index in [9.17, 15) is 4.79 Å². The Kier molecular flexibility index (Phi) is 4.72. The van der Waals surface area contributed by atoms with Gasteiger partial charge >= 0.3 is 0 Å². The van der Waals surface area contributed by atoms with Crippen molar-refractivity contribution < 1.29 is 4.79 Å². The van der Waals surface area contributed by atoms with Crippen LogP contribution in [0.15, 0.2) is 18.2 Å². The van der Waals surface area contributed by atoms with Crippen molar-refractivity contribution in [2.45, 2.75) is 6.54 Å². The van der Waals surface area contributed by atoms with Gasteiger partial charge in [-0.15, -0.1) is 0 Å². The summed E-state index contributed by atoms with van der Waals surface area (Å²) in [5.74, 6) is 0.861. The van der Waals surface area contributed by atoms with Crippen LogP contribution in [0.4, 0.5) is 5.82 Å². The standard InChI is InChI=1S/C11H18N4O/c1-12-8-11(16)13-7-9-5-4-6-10(14-9)15(2)3/h4-6,12H,7-8H2,1-3H3,(H,13,16). The zero-order valence-electron chi connectivity index (χ0n) is 9.95. The third-order valence-electron chi connectivity index (χ3n) is 2.05. The molecule has 0 atom stereocenters. The Morgan fingerprint density at radius 2 is 2.19 bits per heavy atom. The first-order valence-electron chi connectivity index (χ1n) is 5.18. The highest BCUT2D eigenvalue weighted by Crippen LogP contribution is 2.07. The minimum absolute atomic E-state index is 0.0282. The first-order valence-corrected chi connectivity index (χ1v) is 5.18. The zero-order chi connectivity index (χ0) is 12.0. The molecule has 0 aliphatic rings. The van der Waals surface area contributed by atoms with Gasteiger partial charge < -0.3 is 15.5 Å². The Hall–Kier alpha value is -1.62. The number of carbonyl (C=O) groups excluding carboxylic acids is 1. The van der Waals surface area contributed by atoms with Crippen molar-refractivity contribution in [2.75, 3.05) is 32.6 Å². The molecule has 0 aromatic carbocycles. The van der Waals surface area contributed by atoms with E-state index in [-0.39, 0.29) is 5.91 Å². The number of anilines is 1. The minimum atomic E-state index is -0.0282. The summed E-state index contributed by atoms with van der Waals surface area (Å²) in [7, 11) is 5.61. The number of nitrogens with one attached hydrogen (secondary N) is 2. The van der Waals surface area contributed by atoms with Gasteiger partial charge in [-0.25, -0.2) is 4.98 Å². The fourth-order valence-electron chi connectivity index (χ4n) is 1.23. The first-order chi connectivity index (χ1) is 7.63. The highest BCUT2D eigenvalue weighted by Gasteiger charge is 2.02. The lowest BCUT2D eigenvalue weighted by Crippen LogP contribution is -2.31. The van der Waals surface area contributed by atoms with Crippen molar-refractivity contribution >= 4 is 11.7 Å². The van der Waals surface area contributed by atoms with E-state index in [0.717, 1.165) is 11.5 Å². The maximum Gasteiger partial charge on any atom is 0.234 e. The van der Waals surface area contributed by atoms with Crippen LogP contribution in [-0.4, -0.2) is 38.6 Å². The molecular formula is C11H18N4O. The largest absolute Gasteiger partial charge is 0.363 e. The van der Waals surface area contributed by atoms with Crippen molar-refractivity contribution in [3.63, 3.8) is 0 Å². The van der Waals surface area contributed by atoms with Crippen LogP contribution in [0.25, 0.3) is 0 Å². The quantitative estimate of drug-likeness (QED) is 0.735. The second-order valence-corrected chi connectivity index (χ2v) is 3.69. The summed E-state index contributed by atoms with van der Waals surface area (Å²) in [6.07, 6.45) is 0. The van der Waals surface area contributed by atoms with Gasteiger partial charge in [0.25, 0.3) is 0 Å². The van der Waals surface area contributed by atoms with Crippen LogP contribution in [0.5, 0.6) is 0 Å². The van der Waals surface area contributed by atoms with Crippen LogP contribution >= 0.6 is 0 Å². The molecule has 0 radical (unpaired) electrons. The fraction of sp³-hybridized carbons (Fsp3) is 0.455. The smallest absolute Gasteiger partial charge is 0.234 e. The molecule has 0 aliphatic carbocycles. The average Bonchev–Trinajstić information content (AvgIpc) is 2.27. The predicted molar refractivity (Wildman–Crippen MR) is 64.3 cm³/mol. The van der Waals surface area contributed by atoms with Gasteiger partial charge in [-0.2, -0.15) is 0 Å². The number of hydrogen-bond acceptors (Lipinski definition) is 4. The van der Waals surface area contributed by atoms with E-state index in [2.05, 4.69) is 15.6 Å². The van der Waals surface area contributed by atoms with E-state index in [0.29, 0.717) is 13.1 Å². The number of likely N-dealkylation sites (N-methyl/N-ethyl adjacent to an activating group) is 1. The Morgan fingerprint density at radius 1 is 1.44 bits per heavy atom. The zero-order valence-corrected chi connectivity index (χ0v) is 9.95. The second kappa shape index (κ2) is 6.07. The molecule has 0 unspecified atom stereocenters. The van der Waals surface area contributed by atoms with Crippen molar-refractivity contribution in [3.05, 3.63) is 23.9 Å². The Morgan fingerprint density at radius 3 is 2.81 bits per heavy atom. The van der Waals surface area contributed by atoms with Crippen molar-refractivity contribution in [2.24, 2.45) is 0 Å². The highest BCUT2D eigenvalue weighted by molar-refractivity contribution is 5.77. The first kappa shape index (κ1) is 12.4. The van der Waals surface area contributed by atoms with Gasteiger partial charge in [0.15, 0.2) is 0 Å². The van der Waals surface area contributed by atoms with Gasteiger partial charge in [0.1, 0.15) is 5.82 Å². The van der Waals surface area contributed by atoms with E-state index < -0.39 is 0 Å². The minimum Gasteiger partial charge on any atom is -0.363 e. The molecule has 0 fully saturated rings. The SMILES string of the molecule is CNCC(=O)NCc1cccc(N(C)C)n1. The van der Waals surface area contributed by atoms with Gasteiger partial charge in [0, 0.05) is 14.1 Å². The second-order valence-electron chi connectivity index (χ2n) is 3.69. The van der Waals surface area contributed by atoms with Crippen LogP contribution in [0.1, 0.15) is 5.69 Å². The van der Waals surface area contributed by atoms with E-state index >= 15 is 0 Å². The van der Waals surface area contributed by atoms with E-state index in [4.69, 9.17) is 0 Å². The lowest BCUT2D eigenvalue weighted by atomic mass is 10.3. The Balaban J connectivity index is 2.54. The monoisotopic (exact) mass is 222 g/mol. The molecule has 1 aromatic rings. The Labute approximate surface area is 95.9 Å². The number of aromatic nitrogens is 1. The molecule has 0 aliphatic heterocycles. The molecule has 0 bridgehead atoms. The molecule has 88 valence electrons.